The largest absolute Gasteiger partial charge is 0.481 e. The monoisotopic (exact) mass is 304 g/mol. The van der Waals surface area contributed by atoms with Crippen molar-refractivity contribution in [3.63, 3.8) is 0 Å². The SMILES string of the molecule is C[C@@H]1CC[C@@H](C(=O)O)CN1C(=O)c1cc2cc(F)ccc2[nH]1. The Bertz CT molecular complexity index is 740. The second-order valence-electron chi connectivity index (χ2n) is 5.83. The van der Waals surface area contributed by atoms with Crippen LogP contribution >= 0.6 is 0 Å². The topological polar surface area (TPSA) is 73.4 Å². The zero-order chi connectivity index (χ0) is 15.9. The zero-order valence-corrected chi connectivity index (χ0v) is 12.2. The normalized spacial score (nSPS) is 22.0. The van der Waals surface area contributed by atoms with Crippen LogP contribution in [0.2, 0.25) is 0 Å². The number of aliphatic carboxylic acids is 1. The molecule has 6 heteroatoms. The number of hydrogen-bond donors (Lipinski definition) is 2. The summed E-state index contributed by atoms with van der Waals surface area (Å²) in [6.07, 6.45) is 1.25. The van der Waals surface area contributed by atoms with Crippen molar-refractivity contribution in [1.82, 2.24) is 9.88 Å². The van der Waals surface area contributed by atoms with Crippen molar-refractivity contribution in [2.24, 2.45) is 5.92 Å². The minimum absolute atomic E-state index is 0.00810. The second kappa shape index (κ2) is 5.44. The number of benzene rings is 1. The summed E-state index contributed by atoms with van der Waals surface area (Å²) in [4.78, 5) is 28.4. The highest BCUT2D eigenvalue weighted by atomic mass is 19.1. The lowest BCUT2D eigenvalue weighted by atomic mass is 9.93. The highest BCUT2D eigenvalue weighted by molar-refractivity contribution is 5.98. The van der Waals surface area contributed by atoms with Crippen molar-refractivity contribution in [3.8, 4) is 0 Å². The van der Waals surface area contributed by atoms with E-state index in [1.54, 1.807) is 17.0 Å². The van der Waals surface area contributed by atoms with E-state index in [2.05, 4.69) is 4.98 Å². The molecule has 1 aliphatic rings. The molecule has 0 bridgehead atoms. The van der Waals surface area contributed by atoms with Gasteiger partial charge in [0.2, 0.25) is 0 Å². The quantitative estimate of drug-likeness (QED) is 0.895. The molecule has 1 fully saturated rings. The van der Waals surface area contributed by atoms with E-state index in [9.17, 15) is 14.0 Å². The number of H-pyrrole nitrogens is 1. The summed E-state index contributed by atoms with van der Waals surface area (Å²) >= 11 is 0. The average molecular weight is 304 g/mol. The number of amides is 1. The van der Waals surface area contributed by atoms with E-state index in [1.165, 1.54) is 12.1 Å². The number of aromatic amines is 1. The second-order valence-corrected chi connectivity index (χ2v) is 5.83. The number of hydrogen-bond acceptors (Lipinski definition) is 2. The predicted octanol–water partition coefficient (Wildman–Crippen LogP) is 2.63. The van der Waals surface area contributed by atoms with E-state index in [0.29, 0.717) is 29.4 Å². The first kappa shape index (κ1) is 14.6. The van der Waals surface area contributed by atoms with Crippen LogP contribution in [0.5, 0.6) is 0 Å². The van der Waals surface area contributed by atoms with Crippen molar-refractivity contribution >= 4 is 22.8 Å². The van der Waals surface area contributed by atoms with Crippen LogP contribution in [0.3, 0.4) is 0 Å². The molecule has 2 atom stereocenters. The molecule has 1 aromatic carbocycles. The molecule has 22 heavy (non-hydrogen) atoms. The Morgan fingerprint density at radius 2 is 2.09 bits per heavy atom. The maximum absolute atomic E-state index is 13.2. The highest BCUT2D eigenvalue weighted by Gasteiger charge is 2.33. The van der Waals surface area contributed by atoms with Gasteiger partial charge in [0.05, 0.1) is 5.92 Å². The number of rotatable bonds is 2. The molecular weight excluding hydrogens is 287 g/mol. The molecule has 2 aromatic rings. The van der Waals surface area contributed by atoms with Crippen LogP contribution in [0, 0.1) is 11.7 Å². The maximum atomic E-state index is 13.2. The van der Waals surface area contributed by atoms with Gasteiger partial charge in [-0.2, -0.15) is 0 Å². The molecule has 0 spiro atoms. The molecule has 116 valence electrons. The fourth-order valence-electron chi connectivity index (χ4n) is 2.96. The lowest BCUT2D eigenvalue weighted by molar-refractivity contribution is -0.143. The Morgan fingerprint density at radius 3 is 2.82 bits per heavy atom. The van der Waals surface area contributed by atoms with Crippen molar-refractivity contribution in [1.29, 1.82) is 0 Å². The zero-order valence-electron chi connectivity index (χ0n) is 12.2. The van der Waals surface area contributed by atoms with E-state index in [-0.39, 0.29) is 24.3 Å². The van der Waals surface area contributed by atoms with Gasteiger partial charge in [0.25, 0.3) is 5.91 Å². The van der Waals surface area contributed by atoms with E-state index < -0.39 is 11.9 Å². The first-order valence-corrected chi connectivity index (χ1v) is 7.28. The summed E-state index contributed by atoms with van der Waals surface area (Å²) in [5.41, 5.74) is 1.04. The van der Waals surface area contributed by atoms with Crippen LogP contribution in [-0.4, -0.2) is 39.5 Å². The van der Waals surface area contributed by atoms with Crippen LogP contribution in [-0.2, 0) is 4.79 Å². The van der Waals surface area contributed by atoms with Gasteiger partial charge in [-0.05, 0) is 44.0 Å². The lowest BCUT2D eigenvalue weighted by Gasteiger charge is -2.36. The van der Waals surface area contributed by atoms with Crippen molar-refractivity contribution in [3.05, 3.63) is 35.8 Å². The first-order valence-electron chi connectivity index (χ1n) is 7.28. The molecule has 0 saturated carbocycles. The smallest absolute Gasteiger partial charge is 0.308 e. The molecule has 1 saturated heterocycles. The summed E-state index contributed by atoms with van der Waals surface area (Å²) < 4.78 is 13.2. The van der Waals surface area contributed by atoms with Gasteiger partial charge >= 0.3 is 5.97 Å². The standard InChI is InChI=1S/C16H17FN2O3/c1-9-2-3-10(16(21)22)8-19(9)15(20)14-7-11-6-12(17)4-5-13(11)18-14/h4-7,9-10,18H,2-3,8H2,1H3,(H,21,22)/t9-,10-/m1/s1. The number of fused-ring (bicyclic) bond motifs is 1. The van der Waals surface area contributed by atoms with E-state index in [1.807, 2.05) is 6.92 Å². The number of aromatic nitrogens is 1. The van der Waals surface area contributed by atoms with Gasteiger partial charge in [0, 0.05) is 23.5 Å². The number of nitrogens with one attached hydrogen (secondary N) is 1. The molecule has 2 N–H and O–H groups in total. The number of carboxylic acid groups (broad SMARTS) is 1. The van der Waals surface area contributed by atoms with Gasteiger partial charge < -0.3 is 15.0 Å². The molecule has 1 amide bonds. The summed E-state index contributed by atoms with van der Waals surface area (Å²) in [6.45, 7) is 2.12. The van der Waals surface area contributed by atoms with Gasteiger partial charge in [-0.1, -0.05) is 0 Å². The van der Waals surface area contributed by atoms with E-state index >= 15 is 0 Å². The minimum Gasteiger partial charge on any atom is -0.481 e. The third kappa shape index (κ3) is 2.56. The third-order valence-corrected chi connectivity index (χ3v) is 4.31. The van der Waals surface area contributed by atoms with E-state index in [4.69, 9.17) is 5.11 Å². The molecule has 0 radical (unpaired) electrons. The lowest BCUT2D eigenvalue weighted by Crippen LogP contribution is -2.47. The summed E-state index contributed by atoms with van der Waals surface area (Å²) in [7, 11) is 0. The number of halogens is 1. The highest BCUT2D eigenvalue weighted by Crippen LogP contribution is 2.25. The Morgan fingerprint density at radius 1 is 1.32 bits per heavy atom. The van der Waals surface area contributed by atoms with E-state index in [0.717, 1.165) is 0 Å². The number of likely N-dealkylation sites (tertiary alicyclic amines) is 1. The summed E-state index contributed by atoms with van der Waals surface area (Å²) in [5, 5.41) is 9.78. The average Bonchev–Trinajstić information content (AvgIpc) is 2.89. The molecule has 1 aliphatic heterocycles. The predicted molar refractivity (Wildman–Crippen MR) is 79.1 cm³/mol. The summed E-state index contributed by atoms with van der Waals surface area (Å²) in [6, 6.07) is 5.88. The summed E-state index contributed by atoms with van der Waals surface area (Å²) in [5.74, 6) is -2.00. The first-order chi connectivity index (χ1) is 10.5. The Kier molecular flexibility index (Phi) is 3.60. The fraction of sp³-hybridized carbons (Fsp3) is 0.375. The fourth-order valence-corrected chi connectivity index (χ4v) is 2.96. The number of carbonyl (C=O) groups is 2. The molecule has 3 rings (SSSR count). The Hall–Kier alpha value is -2.37. The molecule has 0 unspecified atom stereocenters. The van der Waals surface area contributed by atoms with Crippen LogP contribution < -0.4 is 0 Å². The number of carbonyl (C=O) groups excluding carboxylic acids is 1. The van der Waals surface area contributed by atoms with Crippen molar-refractivity contribution < 1.29 is 19.1 Å². The van der Waals surface area contributed by atoms with Gasteiger partial charge in [-0.3, -0.25) is 9.59 Å². The molecule has 1 aromatic heterocycles. The van der Waals surface area contributed by atoms with Crippen LogP contribution in [0.4, 0.5) is 4.39 Å². The number of nitrogens with zero attached hydrogens (tertiary/aromatic N) is 1. The molecule has 2 heterocycles. The third-order valence-electron chi connectivity index (χ3n) is 4.31. The molecule has 5 nitrogen and oxygen atoms in total. The van der Waals surface area contributed by atoms with Gasteiger partial charge in [0.1, 0.15) is 11.5 Å². The van der Waals surface area contributed by atoms with Crippen molar-refractivity contribution in [2.45, 2.75) is 25.8 Å². The number of piperidine rings is 1. The van der Waals surface area contributed by atoms with Gasteiger partial charge in [-0.25, -0.2) is 4.39 Å². The van der Waals surface area contributed by atoms with Crippen LogP contribution in [0.15, 0.2) is 24.3 Å². The van der Waals surface area contributed by atoms with Gasteiger partial charge in [0.15, 0.2) is 0 Å². The molecule has 0 aliphatic carbocycles. The van der Waals surface area contributed by atoms with Crippen LogP contribution in [0.1, 0.15) is 30.3 Å². The Balaban J connectivity index is 1.88. The van der Waals surface area contributed by atoms with Crippen molar-refractivity contribution in [2.75, 3.05) is 6.54 Å². The van der Waals surface area contributed by atoms with Gasteiger partial charge in [-0.15, -0.1) is 0 Å². The minimum atomic E-state index is -0.872. The Labute approximate surface area is 126 Å². The number of carboxylic acids is 1. The van der Waals surface area contributed by atoms with Crippen LogP contribution in [0.25, 0.3) is 10.9 Å². The maximum Gasteiger partial charge on any atom is 0.308 e. The molecular formula is C16H17FN2O3.